The molecule has 5 nitrogen and oxygen atoms in total. The van der Waals surface area contributed by atoms with Gasteiger partial charge >= 0.3 is 0 Å². The molecular formula is C30H32FIN2O3. The second-order valence-electron chi connectivity index (χ2n) is 9.44. The van der Waals surface area contributed by atoms with Crippen LogP contribution in [0.3, 0.4) is 0 Å². The third-order valence-corrected chi connectivity index (χ3v) is 7.38. The highest BCUT2D eigenvalue weighted by Crippen LogP contribution is 2.20. The Morgan fingerprint density at radius 3 is 2.27 bits per heavy atom. The van der Waals surface area contributed by atoms with E-state index < -0.39 is 6.04 Å². The van der Waals surface area contributed by atoms with Crippen molar-refractivity contribution in [3.8, 4) is 5.75 Å². The van der Waals surface area contributed by atoms with E-state index >= 15 is 0 Å². The van der Waals surface area contributed by atoms with Crippen molar-refractivity contribution >= 4 is 34.4 Å². The molecule has 0 aliphatic heterocycles. The molecule has 1 saturated carbocycles. The van der Waals surface area contributed by atoms with Crippen molar-refractivity contribution in [3.63, 3.8) is 0 Å². The maximum absolute atomic E-state index is 13.7. The van der Waals surface area contributed by atoms with Crippen LogP contribution in [0, 0.1) is 9.39 Å². The molecule has 4 rings (SSSR count). The minimum atomic E-state index is -0.734. The average molecular weight is 614 g/mol. The molecule has 1 atom stereocenters. The van der Waals surface area contributed by atoms with E-state index in [9.17, 15) is 14.0 Å². The summed E-state index contributed by atoms with van der Waals surface area (Å²) in [6.07, 6.45) is 5.64. The van der Waals surface area contributed by atoms with Gasteiger partial charge in [-0.25, -0.2) is 4.39 Å². The molecule has 0 unspecified atom stereocenters. The predicted octanol–water partition coefficient (Wildman–Crippen LogP) is 5.90. The van der Waals surface area contributed by atoms with Gasteiger partial charge in [0.1, 0.15) is 17.6 Å². The van der Waals surface area contributed by atoms with Gasteiger partial charge in [-0.2, -0.15) is 0 Å². The van der Waals surface area contributed by atoms with Gasteiger partial charge in [-0.3, -0.25) is 9.59 Å². The fourth-order valence-electron chi connectivity index (χ4n) is 4.64. The first-order valence-corrected chi connectivity index (χ1v) is 13.8. The van der Waals surface area contributed by atoms with E-state index in [1.165, 1.54) is 18.6 Å². The maximum Gasteiger partial charge on any atom is 0.261 e. The first-order valence-electron chi connectivity index (χ1n) is 12.7. The minimum absolute atomic E-state index is 0.116. The van der Waals surface area contributed by atoms with Gasteiger partial charge < -0.3 is 15.0 Å². The normalized spacial score (nSPS) is 14.5. The van der Waals surface area contributed by atoms with Crippen LogP contribution in [0.2, 0.25) is 0 Å². The molecule has 37 heavy (non-hydrogen) atoms. The van der Waals surface area contributed by atoms with Crippen LogP contribution >= 0.6 is 22.6 Å². The number of benzene rings is 3. The Labute approximate surface area is 231 Å². The van der Waals surface area contributed by atoms with Gasteiger partial charge in [0.25, 0.3) is 5.91 Å². The second-order valence-corrected chi connectivity index (χ2v) is 10.7. The summed E-state index contributed by atoms with van der Waals surface area (Å²) in [7, 11) is 0. The Balaban J connectivity index is 1.59. The van der Waals surface area contributed by atoms with Crippen molar-refractivity contribution < 1.29 is 18.7 Å². The number of rotatable bonds is 10. The van der Waals surface area contributed by atoms with E-state index in [0.717, 1.165) is 40.4 Å². The molecule has 1 N–H and O–H groups in total. The van der Waals surface area contributed by atoms with Crippen molar-refractivity contribution in [2.45, 2.75) is 57.2 Å². The summed E-state index contributed by atoms with van der Waals surface area (Å²) in [5.41, 5.74) is 1.70. The van der Waals surface area contributed by atoms with E-state index in [0.29, 0.717) is 12.2 Å². The molecule has 0 radical (unpaired) electrons. The largest absolute Gasteiger partial charge is 0.484 e. The summed E-state index contributed by atoms with van der Waals surface area (Å²) in [5, 5.41) is 3.21. The van der Waals surface area contributed by atoms with Crippen LogP contribution in [0.4, 0.5) is 4.39 Å². The van der Waals surface area contributed by atoms with Gasteiger partial charge in [-0.05, 0) is 83.0 Å². The molecule has 1 aliphatic carbocycles. The Morgan fingerprint density at radius 2 is 1.59 bits per heavy atom. The van der Waals surface area contributed by atoms with Crippen LogP contribution in [0.25, 0.3) is 0 Å². The van der Waals surface area contributed by atoms with Gasteiger partial charge in [-0.15, -0.1) is 0 Å². The fourth-order valence-corrected chi connectivity index (χ4v) is 5.00. The Hall–Kier alpha value is -2.94. The van der Waals surface area contributed by atoms with Crippen molar-refractivity contribution in [2.75, 3.05) is 6.61 Å². The molecule has 0 heterocycles. The summed E-state index contributed by atoms with van der Waals surface area (Å²) in [6.45, 7) is -0.0332. The summed E-state index contributed by atoms with van der Waals surface area (Å²) < 4.78 is 20.5. The topological polar surface area (TPSA) is 58.6 Å². The Kier molecular flexibility index (Phi) is 9.93. The lowest BCUT2D eigenvalue weighted by Crippen LogP contribution is -2.53. The third kappa shape index (κ3) is 8.28. The molecule has 3 aromatic carbocycles. The smallest absolute Gasteiger partial charge is 0.261 e. The van der Waals surface area contributed by atoms with Crippen molar-refractivity contribution in [1.82, 2.24) is 10.2 Å². The van der Waals surface area contributed by atoms with Crippen LogP contribution in [0.5, 0.6) is 5.75 Å². The number of carbonyl (C=O) groups excluding carboxylic acids is 2. The third-order valence-electron chi connectivity index (χ3n) is 6.66. The first kappa shape index (κ1) is 27.1. The summed E-state index contributed by atoms with van der Waals surface area (Å²) in [5.74, 6) is -0.232. The van der Waals surface area contributed by atoms with Crippen LogP contribution in [-0.2, 0) is 22.6 Å². The molecule has 0 bridgehead atoms. The monoisotopic (exact) mass is 614 g/mol. The lowest BCUT2D eigenvalue weighted by molar-refractivity contribution is -0.143. The average Bonchev–Trinajstić information content (AvgIpc) is 2.92. The lowest BCUT2D eigenvalue weighted by atomic mass is 9.94. The maximum atomic E-state index is 13.7. The lowest BCUT2D eigenvalue weighted by Gasteiger charge is -2.33. The van der Waals surface area contributed by atoms with E-state index in [4.69, 9.17) is 4.74 Å². The van der Waals surface area contributed by atoms with Crippen molar-refractivity contribution in [2.24, 2.45) is 0 Å². The summed E-state index contributed by atoms with van der Waals surface area (Å²) in [6, 6.07) is 22.6. The first-order chi connectivity index (χ1) is 18.0. The van der Waals surface area contributed by atoms with E-state index in [-0.39, 0.29) is 36.8 Å². The van der Waals surface area contributed by atoms with Crippen LogP contribution in [0.15, 0.2) is 78.9 Å². The van der Waals surface area contributed by atoms with Crippen LogP contribution < -0.4 is 10.1 Å². The summed E-state index contributed by atoms with van der Waals surface area (Å²) >= 11 is 2.21. The molecular weight excluding hydrogens is 582 g/mol. The van der Waals surface area contributed by atoms with Gasteiger partial charge in [0, 0.05) is 22.6 Å². The highest BCUT2D eigenvalue weighted by Gasteiger charge is 2.32. The molecule has 194 valence electrons. The van der Waals surface area contributed by atoms with Crippen LogP contribution in [0.1, 0.15) is 43.2 Å². The standard InChI is InChI=1S/C30H32FIN2O3/c31-24-13-11-23(12-14-24)20-34(29(35)21-37-27-17-15-25(32)16-18-27)28(19-22-7-3-1-4-8-22)30(36)33-26-9-5-2-6-10-26/h1,3-4,7-8,11-18,26,28H,2,5-6,9-10,19-21H2,(H,33,36)/t28-/m1/s1. The zero-order valence-corrected chi connectivity index (χ0v) is 22.9. The van der Waals surface area contributed by atoms with Gasteiger partial charge in [0.05, 0.1) is 0 Å². The molecule has 0 spiro atoms. The molecule has 1 aliphatic rings. The number of ether oxygens (including phenoxy) is 1. The molecule has 7 heteroatoms. The number of carbonyl (C=O) groups is 2. The Bertz CT molecular complexity index is 1150. The molecule has 0 saturated heterocycles. The SMILES string of the molecule is O=C(NC1CCCCC1)[C@@H](Cc1ccccc1)N(Cc1ccc(F)cc1)C(=O)COc1ccc(I)cc1. The van der Waals surface area contributed by atoms with Gasteiger partial charge in [0.15, 0.2) is 6.61 Å². The van der Waals surface area contributed by atoms with E-state index in [1.54, 1.807) is 17.0 Å². The minimum Gasteiger partial charge on any atom is -0.484 e. The number of hydrogen-bond acceptors (Lipinski definition) is 3. The highest BCUT2D eigenvalue weighted by atomic mass is 127. The quantitative estimate of drug-likeness (QED) is 0.290. The van der Waals surface area contributed by atoms with Crippen molar-refractivity contribution in [1.29, 1.82) is 0 Å². The zero-order valence-electron chi connectivity index (χ0n) is 20.7. The molecule has 3 aromatic rings. The number of nitrogens with one attached hydrogen (secondary N) is 1. The van der Waals surface area contributed by atoms with E-state index in [1.807, 2.05) is 54.6 Å². The highest BCUT2D eigenvalue weighted by molar-refractivity contribution is 14.1. The molecule has 0 aromatic heterocycles. The second kappa shape index (κ2) is 13.6. The van der Waals surface area contributed by atoms with E-state index in [2.05, 4.69) is 27.9 Å². The zero-order chi connectivity index (χ0) is 26.0. The molecule has 2 amide bonds. The predicted molar refractivity (Wildman–Crippen MR) is 151 cm³/mol. The van der Waals surface area contributed by atoms with Crippen molar-refractivity contribution in [3.05, 3.63) is 99.4 Å². The van der Waals surface area contributed by atoms with Crippen LogP contribution in [-0.4, -0.2) is 35.4 Å². The van der Waals surface area contributed by atoms with Gasteiger partial charge in [-0.1, -0.05) is 61.7 Å². The number of halogens is 2. The Morgan fingerprint density at radius 1 is 0.919 bits per heavy atom. The molecule has 1 fully saturated rings. The number of amides is 2. The number of nitrogens with zero attached hydrogens (tertiary/aromatic N) is 1. The van der Waals surface area contributed by atoms with Gasteiger partial charge in [0.2, 0.25) is 5.91 Å². The summed E-state index contributed by atoms with van der Waals surface area (Å²) in [4.78, 5) is 28.9. The fraction of sp³-hybridized carbons (Fsp3) is 0.333. The number of hydrogen-bond donors (Lipinski definition) is 1.